The third kappa shape index (κ3) is 2.65. The average molecular weight is 251 g/mol. The van der Waals surface area contributed by atoms with E-state index in [0.717, 1.165) is 5.56 Å². The van der Waals surface area contributed by atoms with Crippen LogP contribution in [0.2, 0.25) is 0 Å². The van der Waals surface area contributed by atoms with Gasteiger partial charge in [-0.15, -0.1) is 0 Å². The first-order valence-electron chi connectivity index (χ1n) is 5.33. The molecule has 2 rings (SSSR count). The molecular formula is C13H14FNOS. The van der Waals surface area contributed by atoms with Gasteiger partial charge in [-0.05, 0) is 28.5 Å². The van der Waals surface area contributed by atoms with E-state index >= 15 is 0 Å². The molecule has 1 heterocycles. The first kappa shape index (κ1) is 12.1. The Morgan fingerprint density at radius 3 is 2.82 bits per heavy atom. The van der Waals surface area contributed by atoms with Crippen molar-refractivity contribution >= 4 is 17.0 Å². The van der Waals surface area contributed by atoms with Crippen molar-refractivity contribution in [2.75, 3.05) is 11.9 Å². The number of nitrogens with zero attached hydrogens (tertiary/aromatic N) is 1. The van der Waals surface area contributed by atoms with Crippen molar-refractivity contribution in [1.82, 2.24) is 0 Å². The Labute approximate surface area is 104 Å². The summed E-state index contributed by atoms with van der Waals surface area (Å²) >= 11 is 1.62. The molecule has 0 aliphatic heterocycles. The highest BCUT2D eigenvalue weighted by Crippen LogP contribution is 2.25. The molecule has 4 heteroatoms. The third-order valence-corrected chi connectivity index (χ3v) is 3.35. The maximum absolute atomic E-state index is 13.8. The first-order chi connectivity index (χ1) is 8.22. The second kappa shape index (κ2) is 5.29. The summed E-state index contributed by atoms with van der Waals surface area (Å²) in [5.41, 5.74) is 2.23. The van der Waals surface area contributed by atoms with Crippen molar-refractivity contribution in [1.29, 1.82) is 0 Å². The maximum Gasteiger partial charge on any atom is 0.146 e. The van der Waals surface area contributed by atoms with Crippen molar-refractivity contribution in [2.24, 2.45) is 0 Å². The van der Waals surface area contributed by atoms with Crippen molar-refractivity contribution in [3.8, 4) is 0 Å². The second-order valence-electron chi connectivity index (χ2n) is 3.89. The summed E-state index contributed by atoms with van der Waals surface area (Å²) in [6, 6.07) is 6.78. The Kier molecular flexibility index (Phi) is 3.76. The van der Waals surface area contributed by atoms with E-state index in [-0.39, 0.29) is 12.4 Å². The maximum atomic E-state index is 13.8. The molecule has 0 spiro atoms. The molecule has 0 saturated heterocycles. The lowest BCUT2D eigenvalue weighted by Gasteiger charge is -2.22. The zero-order chi connectivity index (χ0) is 12.3. The van der Waals surface area contributed by atoms with Gasteiger partial charge in [0.1, 0.15) is 5.82 Å². The molecule has 2 nitrogen and oxygen atoms in total. The lowest BCUT2D eigenvalue weighted by Crippen LogP contribution is -2.19. The molecule has 0 saturated carbocycles. The predicted octanol–water partition coefficient (Wildman–Crippen LogP) is 3.02. The summed E-state index contributed by atoms with van der Waals surface area (Å²) in [5.74, 6) is -0.297. The van der Waals surface area contributed by atoms with Gasteiger partial charge >= 0.3 is 0 Å². The van der Waals surface area contributed by atoms with Crippen LogP contribution in [-0.2, 0) is 13.2 Å². The second-order valence-corrected chi connectivity index (χ2v) is 4.67. The molecule has 0 bridgehead atoms. The Morgan fingerprint density at radius 2 is 2.18 bits per heavy atom. The highest BCUT2D eigenvalue weighted by Gasteiger charge is 2.12. The molecule has 0 atom stereocenters. The highest BCUT2D eigenvalue weighted by molar-refractivity contribution is 7.07. The van der Waals surface area contributed by atoms with E-state index in [4.69, 9.17) is 0 Å². The van der Waals surface area contributed by atoms with Gasteiger partial charge in [-0.3, -0.25) is 0 Å². The molecule has 0 amide bonds. The summed E-state index contributed by atoms with van der Waals surface area (Å²) in [6.45, 7) is 0.485. The molecule has 0 radical (unpaired) electrons. The molecule has 0 aliphatic rings. The number of hydrogen-bond acceptors (Lipinski definition) is 3. The van der Waals surface area contributed by atoms with Crippen LogP contribution in [0.15, 0.2) is 35.0 Å². The zero-order valence-corrected chi connectivity index (χ0v) is 10.4. The normalized spacial score (nSPS) is 10.5. The fraction of sp³-hybridized carbons (Fsp3) is 0.231. The monoisotopic (exact) mass is 251 g/mol. The minimum absolute atomic E-state index is 0.152. The van der Waals surface area contributed by atoms with Crippen molar-refractivity contribution in [2.45, 2.75) is 13.2 Å². The van der Waals surface area contributed by atoms with Gasteiger partial charge in [-0.25, -0.2) is 4.39 Å². The van der Waals surface area contributed by atoms with Gasteiger partial charge in [0.05, 0.1) is 12.3 Å². The van der Waals surface area contributed by atoms with Crippen LogP contribution in [0.25, 0.3) is 0 Å². The van der Waals surface area contributed by atoms with Crippen LogP contribution in [0.4, 0.5) is 10.1 Å². The molecule has 0 aliphatic carbocycles. The number of aliphatic hydroxyl groups excluding tert-OH is 1. The quantitative estimate of drug-likeness (QED) is 0.903. The molecule has 0 fully saturated rings. The van der Waals surface area contributed by atoms with Crippen LogP contribution >= 0.6 is 11.3 Å². The minimum atomic E-state index is -0.297. The van der Waals surface area contributed by atoms with E-state index < -0.39 is 0 Å². The Bertz CT molecular complexity index is 484. The first-order valence-corrected chi connectivity index (χ1v) is 6.27. The van der Waals surface area contributed by atoms with Gasteiger partial charge in [-0.1, -0.05) is 12.1 Å². The summed E-state index contributed by atoms with van der Waals surface area (Å²) in [5, 5.41) is 13.3. The zero-order valence-electron chi connectivity index (χ0n) is 9.56. The van der Waals surface area contributed by atoms with Crippen molar-refractivity contribution in [3.63, 3.8) is 0 Å². The predicted molar refractivity (Wildman–Crippen MR) is 68.7 cm³/mol. The van der Waals surface area contributed by atoms with Crippen molar-refractivity contribution < 1.29 is 9.50 Å². The SMILES string of the molecule is CN(Cc1ccsc1)c1c(F)cccc1CO. The lowest BCUT2D eigenvalue weighted by molar-refractivity contribution is 0.281. The van der Waals surface area contributed by atoms with Crippen LogP contribution in [0.1, 0.15) is 11.1 Å². The number of rotatable bonds is 4. The highest BCUT2D eigenvalue weighted by atomic mass is 32.1. The number of hydrogen-bond donors (Lipinski definition) is 1. The van der Waals surface area contributed by atoms with Crippen LogP contribution in [0.3, 0.4) is 0 Å². The van der Waals surface area contributed by atoms with Gasteiger partial charge in [0.25, 0.3) is 0 Å². The largest absolute Gasteiger partial charge is 0.392 e. The van der Waals surface area contributed by atoms with Gasteiger partial charge in [0.2, 0.25) is 0 Å². The van der Waals surface area contributed by atoms with E-state index in [1.54, 1.807) is 23.5 Å². The number of anilines is 1. The minimum Gasteiger partial charge on any atom is -0.392 e. The Balaban J connectivity index is 2.26. The summed E-state index contributed by atoms with van der Waals surface area (Å²) in [7, 11) is 1.83. The number of aliphatic hydroxyl groups is 1. The molecule has 17 heavy (non-hydrogen) atoms. The lowest BCUT2D eigenvalue weighted by atomic mass is 10.1. The van der Waals surface area contributed by atoms with E-state index in [1.165, 1.54) is 6.07 Å². The van der Waals surface area contributed by atoms with Crippen LogP contribution in [-0.4, -0.2) is 12.2 Å². The van der Waals surface area contributed by atoms with Crippen molar-refractivity contribution in [3.05, 3.63) is 52.0 Å². The summed E-state index contributed by atoms with van der Waals surface area (Å²) in [4.78, 5) is 1.82. The summed E-state index contributed by atoms with van der Waals surface area (Å²) in [6.07, 6.45) is 0. The smallest absolute Gasteiger partial charge is 0.146 e. The standard InChI is InChI=1S/C13H14FNOS/c1-15(7-10-5-6-17-9-10)13-11(8-16)3-2-4-12(13)14/h2-6,9,16H,7-8H2,1H3. The van der Waals surface area contributed by atoms with Gasteiger partial charge in [0.15, 0.2) is 0 Å². The molecule has 1 N–H and O–H groups in total. The molecule has 1 aromatic heterocycles. The Hall–Kier alpha value is -1.39. The van der Waals surface area contributed by atoms with E-state index in [2.05, 4.69) is 0 Å². The van der Waals surface area contributed by atoms with Crippen LogP contribution < -0.4 is 4.90 Å². The number of para-hydroxylation sites is 1. The number of benzene rings is 1. The number of thiophene rings is 1. The van der Waals surface area contributed by atoms with E-state index in [0.29, 0.717) is 17.8 Å². The molecule has 1 aromatic carbocycles. The third-order valence-electron chi connectivity index (χ3n) is 2.62. The molecular weight excluding hydrogens is 237 g/mol. The number of halogens is 1. The van der Waals surface area contributed by atoms with E-state index in [9.17, 15) is 9.50 Å². The van der Waals surface area contributed by atoms with Crippen LogP contribution in [0.5, 0.6) is 0 Å². The summed E-state index contributed by atoms with van der Waals surface area (Å²) < 4.78 is 13.8. The van der Waals surface area contributed by atoms with Gasteiger partial charge in [-0.2, -0.15) is 11.3 Å². The van der Waals surface area contributed by atoms with E-state index in [1.807, 2.05) is 28.8 Å². The van der Waals surface area contributed by atoms with Gasteiger partial charge in [0, 0.05) is 19.2 Å². The topological polar surface area (TPSA) is 23.5 Å². The van der Waals surface area contributed by atoms with Crippen LogP contribution in [0, 0.1) is 5.82 Å². The van der Waals surface area contributed by atoms with Gasteiger partial charge < -0.3 is 10.0 Å². The fourth-order valence-electron chi connectivity index (χ4n) is 1.85. The molecule has 90 valence electrons. The fourth-order valence-corrected chi connectivity index (χ4v) is 2.51. The molecule has 0 unspecified atom stereocenters. The molecule has 2 aromatic rings. The average Bonchev–Trinajstić information content (AvgIpc) is 2.81. The Morgan fingerprint density at radius 1 is 1.35 bits per heavy atom.